The summed E-state index contributed by atoms with van der Waals surface area (Å²) < 4.78 is 1.23. The Morgan fingerprint density at radius 3 is 2.67 bits per heavy atom. The first kappa shape index (κ1) is 11.7. The van der Waals surface area contributed by atoms with Crippen LogP contribution in [0.15, 0.2) is 15.8 Å². The topological polar surface area (TPSA) is 95.3 Å². The first-order valence-electron chi connectivity index (χ1n) is 4.64. The highest BCUT2D eigenvalue weighted by Crippen LogP contribution is 2.06. The van der Waals surface area contributed by atoms with E-state index in [9.17, 15) is 9.59 Å². The van der Waals surface area contributed by atoms with E-state index in [1.807, 2.05) is 0 Å². The van der Waals surface area contributed by atoms with Crippen LogP contribution in [-0.2, 0) is 0 Å². The second-order valence-corrected chi connectivity index (χ2v) is 3.33. The number of rotatable bonds is 4. The lowest BCUT2D eigenvalue weighted by molar-refractivity contribution is 0.182. The molecule has 1 aromatic heterocycles. The number of aryl methyl sites for hydroxylation is 1. The van der Waals surface area contributed by atoms with Crippen molar-refractivity contribution in [2.24, 2.45) is 0 Å². The molecule has 1 atom stereocenters. The number of nitrogens with zero attached hydrogens (tertiary/aromatic N) is 1. The van der Waals surface area contributed by atoms with E-state index >= 15 is 0 Å². The molecule has 0 amide bonds. The molecule has 0 bridgehead atoms. The molecule has 6 nitrogen and oxygen atoms in total. The summed E-state index contributed by atoms with van der Waals surface area (Å²) in [5.41, 5.74) is -0.610. The van der Waals surface area contributed by atoms with Gasteiger partial charge < -0.3 is 10.2 Å². The molecule has 0 spiro atoms. The smallest absolute Gasteiger partial charge is 0.328 e. The summed E-state index contributed by atoms with van der Waals surface area (Å²) in [7, 11) is 0. The molecule has 1 rings (SSSR count). The van der Waals surface area contributed by atoms with Gasteiger partial charge in [-0.05, 0) is 13.3 Å². The van der Waals surface area contributed by atoms with E-state index in [1.54, 1.807) is 6.92 Å². The van der Waals surface area contributed by atoms with E-state index in [2.05, 4.69) is 4.98 Å². The van der Waals surface area contributed by atoms with Crippen LogP contribution in [0, 0.1) is 6.92 Å². The van der Waals surface area contributed by atoms with Crippen molar-refractivity contribution >= 4 is 0 Å². The van der Waals surface area contributed by atoms with Crippen molar-refractivity contribution in [2.45, 2.75) is 19.4 Å². The molecule has 0 aliphatic carbocycles. The summed E-state index contributed by atoms with van der Waals surface area (Å²) in [6.07, 6.45) is 1.65. The molecule has 15 heavy (non-hydrogen) atoms. The Hall–Kier alpha value is -1.40. The van der Waals surface area contributed by atoms with Gasteiger partial charge in [0.25, 0.3) is 5.56 Å². The molecule has 0 saturated carbocycles. The summed E-state index contributed by atoms with van der Waals surface area (Å²) >= 11 is 0. The van der Waals surface area contributed by atoms with Gasteiger partial charge in [0.05, 0.1) is 12.6 Å². The Bertz CT molecular complexity index is 434. The maximum Gasteiger partial charge on any atom is 0.328 e. The van der Waals surface area contributed by atoms with E-state index in [0.717, 1.165) is 0 Å². The highest BCUT2D eigenvalue weighted by Gasteiger charge is 2.11. The minimum atomic E-state index is -0.571. The molecule has 0 radical (unpaired) electrons. The van der Waals surface area contributed by atoms with Crippen LogP contribution in [0.25, 0.3) is 0 Å². The predicted octanol–water partition coefficient (Wildman–Crippen LogP) is -1.24. The summed E-state index contributed by atoms with van der Waals surface area (Å²) in [5, 5.41) is 17.8. The van der Waals surface area contributed by atoms with Crippen LogP contribution in [0.5, 0.6) is 0 Å². The minimum Gasteiger partial charge on any atom is -0.396 e. The Labute approximate surface area is 85.8 Å². The Balaban J connectivity index is 3.18. The fraction of sp³-hybridized carbons (Fsp3) is 0.556. The molecule has 0 saturated heterocycles. The summed E-state index contributed by atoms with van der Waals surface area (Å²) in [6.45, 7) is 1.18. The van der Waals surface area contributed by atoms with E-state index in [4.69, 9.17) is 10.2 Å². The van der Waals surface area contributed by atoms with Crippen LogP contribution in [0.4, 0.5) is 0 Å². The average molecular weight is 214 g/mol. The predicted molar refractivity (Wildman–Crippen MR) is 53.9 cm³/mol. The van der Waals surface area contributed by atoms with Gasteiger partial charge in [-0.2, -0.15) is 0 Å². The maximum atomic E-state index is 11.4. The normalized spacial score (nSPS) is 12.7. The third-order valence-corrected chi connectivity index (χ3v) is 2.21. The first-order valence-corrected chi connectivity index (χ1v) is 4.64. The van der Waals surface area contributed by atoms with Gasteiger partial charge in [-0.3, -0.25) is 14.3 Å². The van der Waals surface area contributed by atoms with Gasteiger partial charge in [0.2, 0.25) is 0 Å². The van der Waals surface area contributed by atoms with Crippen LogP contribution in [0.3, 0.4) is 0 Å². The van der Waals surface area contributed by atoms with Crippen molar-refractivity contribution in [1.82, 2.24) is 9.55 Å². The number of hydrogen-bond donors (Lipinski definition) is 3. The van der Waals surface area contributed by atoms with Gasteiger partial charge in [0.1, 0.15) is 0 Å². The maximum absolute atomic E-state index is 11.4. The number of aliphatic hydroxyl groups is 2. The van der Waals surface area contributed by atoms with Crippen LogP contribution >= 0.6 is 0 Å². The van der Waals surface area contributed by atoms with E-state index in [-0.39, 0.29) is 19.6 Å². The molecule has 0 aliphatic rings. The summed E-state index contributed by atoms with van der Waals surface area (Å²) in [4.78, 5) is 24.6. The molecule has 84 valence electrons. The Morgan fingerprint density at radius 2 is 2.13 bits per heavy atom. The van der Waals surface area contributed by atoms with Crippen molar-refractivity contribution in [2.75, 3.05) is 13.2 Å². The average Bonchev–Trinajstić information content (AvgIpc) is 2.20. The molecule has 1 aromatic rings. The van der Waals surface area contributed by atoms with Gasteiger partial charge >= 0.3 is 5.69 Å². The SMILES string of the molecule is Cc1cn(C(CO)CCO)c(=O)[nH]c1=O. The zero-order valence-electron chi connectivity index (χ0n) is 8.43. The lowest BCUT2D eigenvalue weighted by Gasteiger charge is -2.15. The van der Waals surface area contributed by atoms with Gasteiger partial charge in [-0.25, -0.2) is 4.79 Å². The molecule has 1 unspecified atom stereocenters. The summed E-state index contributed by atoms with van der Waals surface area (Å²) in [6, 6.07) is -0.502. The molecule has 0 aliphatic heterocycles. The van der Waals surface area contributed by atoms with Gasteiger partial charge in [0, 0.05) is 18.4 Å². The third kappa shape index (κ3) is 2.54. The molecule has 0 aromatic carbocycles. The van der Waals surface area contributed by atoms with Crippen LogP contribution in [0.1, 0.15) is 18.0 Å². The standard InChI is InChI=1S/C9H14N2O4/c1-6-4-11(7(5-13)2-3-12)9(15)10-8(6)14/h4,7,12-13H,2-3,5H2,1H3,(H,10,14,15). The van der Waals surface area contributed by atoms with E-state index < -0.39 is 17.3 Å². The van der Waals surface area contributed by atoms with Crippen molar-refractivity contribution in [1.29, 1.82) is 0 Å². The van der Waals surface area contributed by atoms with Crippen LogP contribution in [0.2, 0.25) is 0 Å². The number of hydrogen-bond acceptors (Lipinski definition) is 4. The second-order valence-electron chi connectivity index (χ2n) is 3.33. The summed E-state index contributed by atoms with van der Waals surface area (Å²) in [5.74, 6) is 0. The van der Waals surface area contributed by atoms with Gasteiger partial charge in [0.15, 0.2) is 0 Å². The fourth-order valence-corrected chi connectivity index (χ4v) is 1.32. The van der Waals surface area contributed by atoms with Crippen molar-refractivity contribution < 1.29 is 10.2 Å². The fourth-order valence-electron chi connectivity index (χ4n) is 1.32. The number of nitrogens with one attached hydrogen (secondary N) is 1. The Kier molecular flexibility index (Phi) is 3.81. The van der Waals surface area contributed by atoms with E-state index in [0.29, 0.717) is 5.56 Å². The van der Waals surface area contributed by atoms with E-state index in [1.165, 1.54) is 10.8 Å². The first-order chi connectivity index (χ1) is 7.10. The van der Waals surface area contributed by atoms with Crippen molar-refractivity contribution in [3.05, 3.63) is 32.6 Å². The van der Waals surface area contributed by atoms with Crippen LogP contribution < -0.4 is 11.2 Å². The molecule has 0 fully saturated rings. The van der Waals surface area contributed by atoms with Crippen LogP contribution in [-0.4, -0.2) is 33.0 Å². The van der Waals surface area contributed by atoms with Crippen molar-refractivity contribution in [3.8, 4) is 0 Å². The lowest BCUT2D eigenvalue weighted by atomic mass is 10.2. The zero-order valence-corrected chi connectivity index (χ0v) is 8.43. The molecule has 6 heteroatoms. The van der Waals surface area contributed by atoms with Gasteiger partial charge in [-0.15, -0.1) is 0 Å². The van der Waals surface area contributed by atoms with Crippen molar-refractivity contribution in [3.63, 3.8) is 0 Å². The molecule has 3 N–H and O–H groups in total. The number of aliphatic hydroxyl groups excluding tert-OH is 2. The Morgan fingerprint density at radius 1 is 1.47 bits per heavy atom. The number of aromatic amines is 1. The second kappa shape index (κ2) is 4.90. The number of aromatic nitrogens is 2. The largest absolute Gasteiger partial charge is 0.396 e. The molecular weight excluding hydrogens is 200 g/mol. The minimum absolute atomic E-state index is 0.129. The monoisotopic (exact) mass is 214 g/mol. The lowest BCUT2D eigenvalue weighted by Crippen LogP contribution is -2.34. The highest BCUT2D eigenvalue weighted by atomic mass is 16.3. The molecular formula is C9H14N2O4. The zero-order chi connectivity index (χ0) is 11.4. The quantitative estimate of drug-likeness (QED) is 0.584. The van der Waals surface area contributed by atoms with Gasteiger partial charge in [-0.1, -0.05) is 0 Å². The highest BCUT2D eigenvalue weighted by molar-refractivity contribution is 5.01. The third-order valence-electron chi connectivity index (χ3n) is 2.21. The molecule has 1 heterocycles. The number of H-pyrrole nitrogens is 1.